The third-order valence-electron chi connectivity index (χ3n) is 7.15. The average molecular weight is 532 g/mol. The Balaban J connectivity index is 1.37. The van der Waals surface area contributed by atoms with Crippen LogP contribution in [0.4, 0.5) is 5.82 Å². The highest BCUT2D eigenvalue weighted by Gasteiger charge is 2.26. The van der Waals surface area contributed by atoms with Crippen LogP contribution in [0, 0.1) is 5.92 Å². The standard InChI is InChI=1S/C30H37N5O4/c1-5-22(2)20-35(30(37)23-9-7-6-8-10-23)21-29(36)34-17-15-33(16-18-34)28-14-13-26(31-32-28)25-12-11-24(38-3)19-27(25)39-4/h6-14,19,22H,5,15-18,20-21H2,1-4H3. The molecule has 2 amide bonds. The zero-order valence-electron chi connectivity index (χ0n) is 23.2. The number of ether oxygens (including phenoxy) is 2. The minimum Gasteiger partial charge on any atom is -0.497 e. The Bertz CT molecular complexity index is 1240. The van der Waals surface area contributed by atoms with Crippen LogP contribution in [0.3, 0.4) is 0 Å². The number of benzene rings is 2. The summed E-state index contributed by atoms with van der Waals surface area (Å²) in [5, 5.41) is 8.88. The zero-order valence-corrected chi connectivity index (χ0v) is 23.2. The van der Waals surface area contributed by atoms with Crippen molar-refractivity contribution in [3.05, 3.63) is 66.2 Å². The number of rotatable bonds is 10. The van der Waals surface area contributed by atoms with Crippen LogP contribution in [0.1, 0.15) is 30.6 Å². The fraction of sp³-hybridized carbons (Fsp3) is 0.400. The number of piperazine rings is 1. The van der Waals surface area contributed by atoms with E-state index in [2.05, 4.69) is 28.9 Å². The summed E-state index contributed by atoms with van der Waals surface area (Å²) in [6, 6.07) is 18.6. The second-order valence-electron chi connectivity index (χ2n) is 9.78. The van der Waals surface area contributed by atoms with E-state index in [-0.39, 0.29) is 18.4 Å². The lowest BCUT2D eigenvalue weighted by molar-refractivity contribution is -0.132. The molecule has 2 aromatic carbocycles. The number of amides is 2. The zero-order chi connectivity index (χ0) is 27.8. The third kappa shape index (κ3) is 6.85. The highest BCUT2D eigenvalue weighted by Crippen LogP contribution is 2.32. The molecule has 9 heteroatoms. The minimum atomic E-state index is -0.105. The van der Waals surface area contributed by atoms with E-state index in [9.17, 15) is 9.59 Å². The number of carbonyl (C=O) groups excluding carboxylic acids is 2. The topological polar surface area (TPSA) is 88.1 Å². The molecule has 4 rings (SSSR count). The summed E-state index contributed by atoms with van der Waals surface area (Å²) in [6.07, 6.45) is 0.941. The summed E-state index contributed by atoms with van der Waals surface area (Å²) in [5.41, 5.74) is 2.14. The van der Waals surface area contributed by atoms with Gasteiger partial charge in [0.15, 0.2) is 5.82 Å². The number of hydrogen-bond acceptors (Lipinski definition) is 7. The Morgan fingerprint density at radius 2 is 1.69 bits per heavy atom. The summed E-state index contributed by atoms with van der Waals surface area (Å²) < 4.78 is 10.8. The van der Waals surface area contributed by atoms with Crippen molar-refractivity contribution in [2.24, 2.45) is 5.92 Å². The van der Waals surface area contributed by atoms with Crippen molar-refractivity contribution in [3.63, 3.8) is 0 Å². The average Bonchev–Trinajstić information content (AvgIpc) is 3.00. The summed E-state index contributed by atoms with van der Waals surface area (Å²) in [6.45, 7) is 7.24. The molecule has 1 aromatic heterocycles. The molecule has 0 radical (unpaired) electrons. The van der Waals surface area contributed by atoms with Crippen LogP contribution in [0.15, 0.2) is 60.7 Å². The Morgan fingerprint density at radius 1 is 0.949 bits per heavy atom. The second kappa shape index (κ2) is 13.1. The molecule has 1 atom stereocenters. The fourth-order valence-corrected chi connectivity index (χ4v) is 4.58. The number of anilines is 1. The molecule has 1 unspecified atom stereocenters. The van der Waals surface area contributed by atoms with E-state index in [4.69, 9.17) is 9.47 Å². The van der Waals surface area contributed by atoms with Gasteiger partial charge in [0.05, 0.1) is 19.9 Å². The summed E-state index contributed by atoms with van der Waals surface area (Å²) in [4.78, 5) is 32.1. The van der Waals surface area contributed by atoms with Gasteiger partial charge in [-0.25, -0.2) is 0 Å². The highest BCUT2D eigenvalue weighted by atomic mass is 16.5. The maximum atomic E-state index is 13.2. The molecule has 1 saturated heterocycles. The van der Waals surface area contributed by atoms with Gasteiger partial charge in [-0.3, -0.25) is 9.59 Å². The molecule has 1 aliphatic rings. The number of hydrogen-bond donors (Lipinski definition) is 0. The SMILES string of the molecule is CCC(C)CN(CC(=O)N1CCN(c2ccc(-c3ccc(OC)cc3OC)nn2)CC1)C(=O)c1ccccc1. The molecular formula is C30H37N5O4. The first kappa shape index (κ1) is 27.9. The van der Waals surface area contributed by atoms with Gasteiger partial charge >= 0.3 is 0 Å². The third-order valence-corrected chi connectivity index (χ3v) is 7.15. The quantitative estimate of drug-likeness (QED) is 0.391. The first-order chi connectivity index (χ1) is 18.9. The first-order valence-corrected chi connectivity index (χ1v) is 13.4. The Morgan fingerprint density at radius 3 is 2.31 bits per heavy atom. The van der Waals surface area contributed by atoms with Crippen LogP contribution in [0.25, 0.3) is 11.3 Å². The summed E-state index contributed by atoms with van der Waals surface area (Å²) >= 11 is 0. The van der Waals surface area contributed by atoms with Gasteiger partial charge in [0.1, 0.15) is 18.0 Å². The lowest BCUT2D eigenvalue weighted by Gasteiger charge is -2.36. The molecular weight excluding hydrogens is 494 g/mol. The van der Waals surface area contributed by atoms with Crippen molar-refractivity contribution >= 4 is 17.6 Å². The number of nitrogens with zero attached hydrogens (tertiary/aromatic N) is 5. The van der Waals surface area contributed by atoms with E-state index in [1.54, 1.807) is 31.3 Å². The molecule has 0 bridgehead atoms. The van der Waals surface area contributed by atoms with Gasteiger partial charge in [0.2, 0.25) is 5.91 Å². The monoisotopic (exact) mass is 531 g/mol. The maximum Gasteiger partial charge on any atom is 0.254 e. The van der Waals surface area contributed by atoms with Crippen LogP contribution < -0.4 is 14.4 Å². The fourth-order valence-electron chi connectivity index (χ4n) is 4.58. The largest absolute Gasteiger partial charge is 0.497 e. The van der Waals surface area contributed by atoms with E-state index < -0.39 is 0 Å². The molecule has 2 heterocycles. The number of carbonyl (C=O) groups is 2. The summed E-state index contributed by atoms with van der Waals surface area (Å²) in [5.74, 6) is 2.30. The Kier molecular flexibility index (Phi) is 9.35. The van der Waals surface area contributed by atoms with Gasteiger partial charge in [0.25, 0.3) is 5.91 Å². The smallest absolute Gasteiger partial charge is 0.254 e. The molecule has 0 spiro atoms. The van der Waals surface area contributed by atoms with Crippen molar-refractivity contribution in [2.45, 2.75) is 20.3 Å². The lowest BCUT2D eigenvalue weighted by Crippen LogP contribution is -2.52. The molecule has 9 nitrogen and oxygen atoms in total. The van der Waals surface area contributed by atoms with Crippen LogP contribution in [-0.2, 0) is 4.79 Å². The minimum absolute atomic E-state index is 0.0322. The van der Waals surface area contributed by atoms with E-state index in [0.717, 1.165) is 17.8 Å². The molecule has 0 N–H and O–H groups in total. The Labute approximate surface area is 230 Å². The highest BCUT2D eigenvalue weighted by molar-refractivity contribution is 5.96. The van der Waals surface area contributed by atoms with Crippen molar-refractivity contribution < 1.29 is 19.1 Å². The molecule has 206 valence electrons. The van der Waals surface area contributed by atoms with Gasteiger partial charge in [-0.05, 0) is 42.3 Å². The molecule has 3 aromatic rings. The second-order valence-corrected chi connectivity index (χ2v) is 9.78. The molecule has 0 saturated carbocycles. The van der Waals surface area contributed by atoms with Crippen LogP contribution >= 0.6 is 0 Å². The number of aromatic nitrogens is 2. The van der Waals surface area contributed by atoms with Crippen LogP contribution in [0.2, 0.25) is 0 Å². The molecule has 0 aliphatic carbocycles. The maximum absolute atomic E-state index is 13.2. The molecule has 1 fully saturated rings. The van der Waals surface area contributed by atoms with E-state index in [1.807, 2.05) is 53.4 Å². The van der Waals surface area contributed by atoms with Crippen molar-refractivity contribution in [3.8, 4) is 22.8 Å². The lowest BCUT2D eigenvalue weighted by atomic mass is 10.1. The van der Waals surface area contributed by atoms with Gasteiger partial charge < -0.3 is 24.2 Å². The molecule has 1 aliphatic heterocycles. The van der Waals surface area contributed by atoms with E-state index in [1.165, 1.54) is 0 Å². The normalized spacial score (nSPS) is 14.1. The van der Waals surface area contributed by atoms with Crippen molar-refractivity contribution in [2.75, 3.05) is 58.4 Å². The predicted molar refractivity (Wildman–Crippen MR) is 151 cm³/mol. The molecule has 39 heavy (non-hydrogen) atoms. The number of methoxy groups -OCH3 is 2. The first-order valence-electron chi connectivity index (χ1n) is 13.4. The Hall–Kier alpha value is -4.14. The van der Waals surface area contributed by atoms with Crippen molar-refractivity contribution in [1.82, 2.24) is 20.0 Å². The van der Waals surface area contributed by atoms with Gasteiger partial charge in [0, 0.05) is 49.9 Å². The predicted octanol–water partition coefficient (Wildman–Crippen LogP) is 4.00. The summed E-state index contributed by atoms with van der Waals surface area (Å²) in [7, 11) is 3.23. The van der Waals surface area contributed by atoms with Gasteiger partial charge in [-0.1, -0.05) is 38.5 Å². The van der Waals surface area contributed by atoms with E-state index >= 15 is 0 Å². The van der Waals surface area contributed by atoms with Gasteiger partial charge in [-0.2, -0.15) is 0 Å². The van der Waals surface area contributed by atoms with Crippen LogP contribution in [0.5, 0.6) is 11.5 Å². The van der Waals surface area contributed by atoms with Crippen LogP contribution in [-0.4, -0.2) is 85.3 Å². The van der Waals surface area contributed by atoms with Gasteiger partial charge in [-0.15, -0.1) is 10.2 Å². The van der Waals surface area contributed by atoms with E-state index in [0.29, 0.717) is 61.4 Å². The van der Waals surface area contributed by atoms with Crippen molar-refractivity contribution in [1.29, 1.82) is 0 Å².